The van der Waals surface area contributed by atoms with Crippen molar-refractivity contribution in [3.05, 3.63) is 59.7 Å². The number of alkyl carbamates (subject to hydrolysis) is 1. The van der Waals surface area contributed by atoms with Gasteiger partial charge in [-0.1, -0.05) is 55.0 Å². The Balaban J connectivity index is 1.16. The van der Waals surface area contributed by atoms with Crippen LogP contribution in [0.3, 0.4) is 0 Å². The van der Waals surface area contributed by atoms with Gasteiger partial charge in [0.2, 0.25) is 5.91 Å². The number of carboxylic acid groups (broad SMARTS) is 1. The molecule has 3 saturated carbocycles. The maximum atomic E-state index is 13.2. The summed E-state index contributed by atoms with van der Waals surface area (Å²) >= 11 is 0. The molecule has 3 fully saturated rings. The van der Waals surface area contributed by atoms with Gasteiger partial charge < -0.3 is 20.5 Å². The minimum Gasteiger partial charge on any atom is -0.480 e. The summed E-state index contributed by atoms with van der Waals surface area (Å²) in [5.41, 5.74) is 2.35. The maximum Gasteiger partial charge on any atom is 0.408 e. The summed E-state index contributed by atoms with van der Waals surface area (Å²) in [5, 5.41) is 15.1. The largest absolute Gasteiger partial charge is 0.480 e. The molecule has 0 atom stereocenters. The van der Waals surface area contributed by atoms with Crippen LogP contribution in [0, 0.1) is 5.41 Å². The Bertz CT molecular complexity index is 1140. The lowest BCUT2D eigenvalue weighted by atomic mass is 9.48. The Labute approximate surface area is 197 Å². The van der Waals surface area contributed by atoms with Crippen molar-refractivity contribution in [3.63, 3.8) is 0 Å². The van der Waals surface area contributed by atoms with Gasteiger partial charge >= 0.3 is 12.1 Å². The Morgan fingerprint density at radius 1 is 0.853 bits per heavy atom. The number of nitrogens with one attached hydrogen (secondary N) is 2. The second-order valence-electron chi connectivity index (χ2n) is 10.6. The van der Waals surface area contributed by atoms with E-state index >= 15 is 0 Å². The summed E-state index contributed by atoms with van der Waals surface area (Å²) in [4.78, 5) is 37.7. The van der Waals surface area contributed by atoms with Crippen LogP contribution in [0.2, 0.25) is 0 Å². The molecule has 2 aromatic carbocycles. The van der Waals surface area contributed by atoms with E-state index in [0.29, 0.717) is 25.7 Å². The number of carbonyl (C=O) groups excluding carboxylic acids is 2. The Kier molecular flexibility index (Phi) is 4.57. The van der Waals surface area contributed by atoms with Gasteiger partial charge in [0.25, 0.3) is 0 Å². The van der Waals surface area contributed by atoms with Crippen LogP contribution in [0.1, 0.15) is 62.0 Å². The third-order valence-corrected chi connectivity index (χ3v) is 8.40. The molecule has 176 valence electrons. The number of rotatable bonds is 6. The van der Waals surface area contributed by atoms with E-state index in [1.807, 2.05) is 24.3 Å². The number of hydrogen-bond acceptors (Lipinski definition) is 4. The first-order chi connectivity index (χ1) is 16.4. The molecule has 0 heterocycles. The van der Waals surface area contributed by atoms with Crippen molar-refractivity contribution < 1.29 is 24.2 Å². The van der Waals surface area contributed by atoms with Crippen LogP contribution in [0.4, 0.5) is 4.79 Å². The van der Waals surface area contributed by atoms with E-state index in [2.05, 4.69) is 34.9 Å². The van der Waals surface area contributed by atoms with Crippen LogP contribution < -0.4 is 10.6 Å². The molecule has 7 nitrogen and oxygen atoms in total. The summed E-state index contributed by atoms with van der Waals surface area (Å²) in [6.07, 6.45) is 4.47. The summed E-state index contributed by atoms with van der Waals surface area (Å²) in [5.74, 6) is -1.49. The van der Waals surface area contributed by atoms with E-state index in [1.165, 1.54) is 0 Å². The monoisotopic (exact) mass is 460 g/mol. The standard InChI is InChI=1S/C27H28N2O5/c30-22(28-26(12-13-26)23(31)32)27(15-25(16-27)10-5-11-25)29-24(33)34-14-21-19-8-3-1-6-17(19)18-7-2-4-9-20(18)21/h1-4,6-9,21H,5,10-16H2,(H,28,30)(H,29,33)(H,31,32). The quantitative estimate of drug-likeness (QED) is 0.605. The van der Waals surface area contributed by atoms with Crippen LogP contribution in [0.25, 0.3) is 11.1 Å². The highest BCUT2D eigenvalue weighted by Crippen LogP contribution is 2.60. The van der Waals surface area contributed by atoms with Crippen LogP contribution in [0.5, 0.6) is 0 Å². The van der Waals surface area contributed by atoms with Crippen molar-refractivity contribution in [2.45, 2.75) is 61.9 Å². The molecule has 0 aromatic heterocycles. The number of amides is 2. The highest BCUT2D eigenvalue weighted by atomic mass is 16.5. The zero-order valence-corrected chi connectivity index (χ0v) is 18.9. The van der Waals surface area contributed by atoms with Gasteiger partial charge in [0.15, 0.2) is 0 Å². The third-order valence-electron chi connectivity index (χ3n) is 8.40. The number of carboxylic acids is 1. The van der Waals surface area contributed by atoms with Gasteiger partial charge in [-0.3, -0.25) is 4.79 Å². The molecule has 4 aliphatic rings. The van der Waals surface area contributed by atoms with Crippen molar-refractivity contribution >= 4 is 18.0 Å². The van der Waals surface area contributed by atoms with Crippen molar-refractivity contribution in [3.8, 4) is 11.1 Å². The summed E-state index contributed by atoms with van der Waals surface area (Å²) in [7, 11) is 0. The van der Waals surface area contributed by atoms with Gasteiger partial charge in [0.05, 0.1) is 0 Å². The highest BCUT2D eigenvalue weighted by molar-refractivity contribution is 5.96. The van der Waals surface area contributed by atoms with E-state index in [-0.39, 0.29) is 17.9 Å². The molecule has 0 bridgehead atoms. The number of hydrogen-bond donors (Lipinski definition) is 3. The number of aliphatic carboxylic acids is 1. The van der Waals surface area contributed by atoms with Crippen molar-refractivity contribution in [2.24, 2.45) is 5.41 Å². The molecule has 2 amide bonds. The fourth-order valence-corrected chi connectivity index (χ4v) is 6.25. The summed E-state index contributed by atoms with van der Waals surface area (Å²) in [6.45, 7) is 0.168. The van der Waals surface area contributed by atoms with E-state index in [4.69, 9.17) is 4.74 Å². The molecule has 0 saturated heterocycles. The molecular formula is C27H28N2O5. The fourth-order valence-electron chi connectivity index (χ4n) is 6.25. The topological polar surface area (TPSA) is 105 Å². The molecule has 7 heteroatoms. The van der Waals surface area contributed by atoms with Crippen LogP contribution in [-0.4, -0.2) is 40.8 Å². The molecule has 0 unspecified atom stereocenters. The second kappa shape index (κ2) is 7.32. The molecule has 2 aromatic rings. The minimum atomic E-state index is -1.19. The lowest BCUT2D eigenvalue weighted by Crippen LogP contribution is -2.71. The van der Waals surface area contributed by atoms with Gasteiger partial charge in [0, 0.05) is 5.92 Å². The summed E-state index contributed by atoms with van der Waals surface area (Å²) < 4.78 is 5.69. The first kappa shape index (κ1) is 21.2. The Hall–Kier alpha value is -3.35. The zero-order chi connectivity index (χ0) is 23.6. The third kappa shape index (κ3) is 3.21. The lowest BCUT2D eigenvalue weighted by Gasteiger charge is -2.59. The van der Waals surface area contributed by atoms with Gasteiger partial charge in [-0.15, -0.1) is 0 Å². The average Bonchev–Trinajstić information content (AvgIpc) is 3.49. The van der Waals surface area contributed by atoms with E-state index in [1.54, 1.807) is 0 Å². The van der Waals surface area contributed by atoms with E-state index in [0.717, 1.165) is 41.5 Å². The molecular weight excluding hydrogens is 432 g/mol. The van der Waals surface area contributed by atoms with Gasteiger partial charge in [0.1, 0.15) is 17.7 Å². The molecule has 4 aliphatic carbocycles. The number of carbonyl (C=O) groups is 3. The Morgan fingerprint density at radius 3 is 1.94 bits per heavy atom. The molecule has 0 aliphatic heterocycles. The predicted molar refractivity (Wildman–Crippen MR) is 124 cm³/mol. The van der Waals surface area contributed by atoms with Crippen LogP contribution >= 0.6 is 0 Å². The predicted octanol–water partition coefficient (Wildman–Crippen LogP) is 3.96. The first-order valence-corrected chi connectivity index (χ1v) is 12.0. The molecule has 3 N–H and O–H groups in total. The van der Waals surface area contributed by atoms with Gasteiger partial charge in [-0.2, -0.15) is 0 Å². The SMILES string of the molecule is O=C(NC1(C(=O)NC2(C(=O)O)CC2)CC2(CCC2)C1)OCC1c2ccccc2-c2ccccc21. The van der Waals surface area contributed by atoms with E-state index in [9.17, 15) is 19.5 Å². The van der Waals surface area contributed by atoms with Gasteiger partial charge in [-0.25, -0.2) is 9.59 Å². The normalized spacial score (nSPS) is 21.9. The molecule has 6 rings (SSSR count). The molecule has 0 radical (unpaired) electrons. The molecule has 1 spiro atoms. The number of ether oxygens (including phenoxy) is 1. The van der Waals surface area contributed by atoms with Crippen LogP contribution in [0.15, 0.2) is 48.5 Å². The zero-order valence-electron chi connectivity index (χ0n) is 18.9. The highest BCUT2D eigenvalue weighted by Gasteiger charge is 2.64. The van der Waals surface area contributed by atoms with Crippen molar-refractivity contribution in [2.75, 3.05) is 6.61 Å². The maximum absolute atomic E-state index is 13.2. The summed E-state index contributed by atoms with van der Waals surface area (Å²) in [6, 6.07) is 16.3. The fraction of sp³-hybridized carbons (Fsp3) is 0.444. The van der Waals surface area contributed by atoms with Crippen molar-refractivity contribution in [1.82, 2.24) is 10.6 Å². The van der Waals surface area contributed by atoms with Gasteiger partial charge in [-0.05, 0) is 66.2 Å². The number of fused-ring (bicyclic) bond motifs is 3. The first-order valence-electron chi connectivity index (χ1n) is 12.0. The lowest BCUT2D eigenvalue weighted by molar-refractivity contribution is -0.150. The molecule has 34 heavy (non-hydrogen) atoms. The second-order valence-corrected chi connectivity index (χ2v) is 10.6. The van der Waals surface area contributed by atoms with E-state index < -0.39 is 29.0 Å². The van der Waals surface area contributed by atoms with Crippen molar-refractivity contribution in [1.29, 1.82) is 0 Å². The Morgan fingerprint density at radius 2 is 1.44 bits per heavy atom. The van der Waals surface area contributed by atoms with Crippen LogP contribution in [-0.2, 0) is 14.3 Å². The smallest absolute Gasteiger partial charge is 0.408 e. The number of benzene rings is 2. The minimum absolute atomic E-state index is 0.0657. The average molecular weight is 461 g/mol.